The van der Waals surface area contributed by atoms with Crippen LogP contribution in [-0.4, -0.2) is 64.0 Å². The quantitative estimate of drug-likeness (QED) is 0.341. The molecule has 38 heavy (non-hydrogen) atoms. The van der Waals surface area contributed by atoms with Gasteiger partial charge < -0.3 is 4.98 Å². The number of imidazole rings is 1. The van der Waals surface area contributed by atoms with E-state index in [1.165, 1.54) is 0 Å². The molecular weight excluding hydrogens is 488 g/mol. The van der Waals surface area contributed by atoms with E-state index in [4.69, 9.17) is 4.98 Å². The highest BCUT2D eigenvalue weighted by molar-refractivity contribution is 5.96. The van der Waals surface area contributed by atoms with Crippen LogP contribution in [0.25, 0.3) is 56.0 Å². The van der Waals surface area contributed by atoms with Crippen molar-refractivity contribution < 1.29 is 8.78 Å². The Bertz CT molecular complexity index is 1780. The first-order chi connectivity index (χ1) is 18.5. The van der Waals surface area contributed by atoms with Crippen LogP contribution in [0.5, 0.6) is 0 Å². The van der Waals surface area contributed by atoms with E-state index in [9.17, 15) is 8.78 Å². The summed E-state index contributed by atoms with van der Waals surface area (Å²) in [5.41, 5.74) is 7.13. The van der Waals surface area contributed by atoms with Crippen molar-refractivity contribution in [3.05, 3.63) is 73.1 Å². The number of pyridine rings is 4. The van der Waals surface area contributed by atoms with Crippen molar-refractivity contribution in [3.8, 4) is 33.8 Å². The van der Waals surface area contributed by atoms with Crippen LogP contribution >= 0.6 is 0 Å². The minimum atomic E-state index is -2.62. The third-order valence-corrected chi connectivity index (χ3v) is 6.80. The van der Waals surface area contributed by atoms with Crippen LogP contribution in [0.3, 0.4) is 0 Å². The Labute approximate surface area is 215 Å². The Kier molecular flexibility index (Phi) is 5.18. The number of rotatable bonds is 5. The number of aromatic nitrogens is 8. The fraction of sp³-hybridized carbons (Fsp3) is 0.185. The number of hydrogen-bond acceptors (Lipinski definition) is 7. The van der Waals surface area contributed by atoms with Gasteiger partial charge in [0, 0.05) is 73.4 Å². The van der Waals surface area contributed by atoms with Crippen LogP contribution in [0, 0.1) is 0 Å². The molecule has 0 radical (unpaired) electrons. The molecule has 188 valence electrons. The lowest BCUT2D eigenvalue weighted by Gasteiger charge is -2.15. The summed E-state index contributed by atoms with van der Waals surface area (Å²) in [6.07, 6.45) is 10.3. The molecule has 0 aromatic carbocycles. The second-order valence-corrected chi connectivity index (χ2v) is 9.47. The maximum Gasteiger partial charge on any atom is 0.261 e. The standard InChI is InChI=1S/C27H21F2N9/c28-27(29)4-8-38(15-27)14-16-9-18(12-31-11-16)19-10-21-23(36-37-24(21)33-13-19)26-34-22-20(3-7-32-25(22)35-26)17-1-5-30-6-2-17/h1-3,5-7,9-13H,4,8,14-15H2,(H,32,34,35)(H,33,36,37). The highest BCUT2D eigenvalue weighted by atomic mass is 19.3. The molecule has 11 heteroatoms. The summed E-state index contributed by atoms with van der Waals surface area (Å²) in [6, 6.07) is 9.74. The normalized spacial score (nSPS) is 15.5. The van der Waals surface area contributed by atoms with Gasteiger partial charge in [0.25, 0.3) is 5.92 Å². The molecule has 0 bridgehead atoms. The van der Waals surface area contributed by atoms with Gasteiger partial charge in [0.2, 0.25) is 0 Å². The van der Waals surface area contributed by atoms with E-state index in [0.29, 0.717) is 35.9 Å². The number of alkyl halides is 2. The second-order valence-electron chi connectivity index (χ2n) is 9.47. The van der Waals surface area contributed by atoms with Gasteiger partial charge in [0.15, 0.2) is 17.1 Å². The molecule has 0 saturated carbocycles. The summed E-state index contributed by atoms with van der Waals surface area (Å²) in [5.74, 6) is -2.05. The molecule has 0 unspecified atom stereocenters. The summed E-state index contributed by atoms with van der Waals surface area (Å²) in [7, 11) is 0. The molecular formula is C27H21F2N9. The average molecular weight is 510 g/mol. The maximum atomic E-state index is 13.6. The lowest BCUT2D eigenvalue weighted by Crippen LogP contribution is -2.24. The van der Waals surface area contributed by atoms with Crippen LogP contribution in [0.4, 0.5) is 8.78 Å². The van der Waals surface area contributed by atoms with Crippen LogP contribution in [0.15, 0.2) is 67.5 Å². The molecule has 1 aliphatic rings. The van der Waals surface area contributed by atoms with E-state index in [-0.39, 0.29) is 13.0 Å². The minimum absolute atomic E-state index is 0.106. The molecule has 6 aromatic rings. The number of fused-ring (bicyclic) bond motifs is 2. The molecule has 7 rings (SSSR count). The zero-order valence-corrected chi connectivity index (χ0v) is 20.1. The first kappa shape index (κ1) is 22.5. The van der Waals surface area contributed by atoms with E-state index in [1.807, 2.05) is 30.3 Å². The Hall–Kier alpha value is -4.64. The predicted octanol–water partition coefficient (Wildman–Crippen LogP) is 4.86. The van der Waals surface area contributed by atoms with E-state index in [2.05, 4.69) is 35.1 Å². The fourth-order valence-electron chi connectivity index (χ4n) is 4.96. The van der Waals surface area contributed by atoms with Gasteiger partial charge in [-0.25, -0.2) is 23.7 Å². The van der Waals surface area contributed by atoms with Crippen LogP contribution < -0.4 is 0 Å². The van der Waals surface area contributed by atoms with Crippen molar-refractivity contribution in [2.24, 2.45) is 0 Å². The molecule has 0 amide bonds. The highest BCUT2D eigenvalue weighted by Gasteiger charge is 2.37. The maximum absolute atomic E-state index is 13.6. The van der Waals surface area contributed by atoms with Gasteiger partial charge >= 0.3 is 0 Å². The summed E-state index contributed by atoms with van der Waals surface area (Å²) in [4.78, 5) is 27.4. The third-order valence-electron chi connectivity index (χ3n) is 6.80. The number of H-pyrrole nitrogens is 2. The zero-order chi connectivity index (χ0) is 25.7. The Balaban J connectivity index is 1.24. The smallest absolute Gasteiger partial charge is 0.261 e. The van der Waals surface area contributed by atoms with Crippen molar-refractivity contribution in [2.75, 3.05) is 13.1 Å². The van der Waals surface area contributed by atoms with Crippen LogP contribution in [-0.2, 0) is 6.54 Å². The second kappa shape index (κ2) is 8.73. The summed E-state index contributed by atoms with van der Waals surface area (Å²) >= 11 is 0. The third kappa shape index (κ3) is 4.06. The van der Waals surface area contributed by atoms with Gasteiger partial charge in [0.05, 0.1) is 11.9 Å². The number of nitrogens with zero attached hydrogens (tertiary/aromatic N) is 7. The van der Waals surface area contributed by atoms with E-state index in [1.54, 1.807) is 42.1 Å². The number of nitrogens with one attached hydrogen (secondary N) is 2. The molecule has 6 aromatic heterocycles. The largest absolute Gasteiger partial charge is 0.321 e. The van der Waals surface area contributed by atoms with E-state index < -0.39 is 5.92 Å². The first-order valence-electron chi connectivity index (χ1n) is 12.2. The molecule has 0 atom stereocenters. The van der Waals surface area contributed by atoms with Crippen molar-refractivity contribution in [1.82, 2.24) is 45.0 Å². The Morgan fingerprint density at radius 2 is 1.76 bits per heavy atom. The van der Waals surface area contributed by atoms with Crippen molar-refractivity contribution in [2.45, 2.75) is 18.9 Å². The summed E-state index contributed by atoms with van der Waals surface area (Å²) < 4.78 is 27.2. The number of halogens is 2. The molecule has 7 heterocycles. The number of hydrogen-bond donors (Lipinski definition) is 2. The van der Waals surface area contributed by atoms with E-state index in [0.717, 1.165) is 38.7 Å². The van der Waals surface area contributed by atoms with Crippen molar-refractivity contribution >= 4 is 22.2 Å². The zero-order valence-electron chi connectivity index (χ0n) is 20.1. The van der Waals surface area contributed by atoms with Crippen molar-refractivity contribution in [3.63, 3.8) is 0 Å². The summed E-state index contributed by atoms with van der Waals surface area (Å²) in [6.45, 7) is 0.575. The SMILES string of the molecule is FC1(F)CCN(Cc2cncc(-c3cnc4[nH]nc(-c5nc6c(-c7ccncc7)ccnc6[nH]5)c4c3)c2)C1. The van der Waals surface area contributed by atoms with Gasteiger partial charge in [0.1, 0.15) is 11.2 Å². The highest BCUT2D eigenvalue weighted by Crippen LogP contribution is 2.32. The Morgan fingerprint density at radius 3 is 2.61 bits per heavy atom. The van der Waals surface area contributed by atoms with Gasteiger partial charge in [-0.15, -0.1) is 0 Å². The van der Waals surface area contributed by atoms with E-state index >= 15 is 0 Å². The van der Waals surface area contributed by atoms with Gasteiger partial charge in [-0.1, -0.05) is 0 Å². The molecule has 9 nitrogen and oxygen atoms in total. The van der Waals surface area contributed by atoms with Gasteiger partial charge in [-0.2, -0.15) is 5.10 Å². The van der Waals surface area contributed by atoms with Crippen molar-refractivity contribution in [1.29, 1.82) is 0 Å². The minimum Gasteiger partial charge on any atom is -0.321 e. The first-order valence-corrected chi connectivity index (χ1v) is 12.2. The molecule has 2 N–H and O–H groups in total. The number of aromatic amines is 2. The lowest BCUT2D eigenvalue weighted by molar-refractivity contribution is 0.0115. The summed E-state index contributed by atoms with van der Waals surface area (Å²) in [5, 5.41) is 8.25. The molecule has 1 saturated heterocycles. The van der Waals surface area contributed by atoms with Crippen LogP contribution in [0.2, 0.25) is 0 Å². The molecule has 0 aliphatic carbocycles. The Morgan fingerprint density at radius 1 is 0.895 bits per heavy atom. The lowest BCUT2D eigenvalue weighted by atomic mass is 10.1. The fourth-order valence-corrected chi connectivity index (χ4v) is 4.96. The number of likely N-dealkylation sites (tertiary alicyclic amines) is 1. The predicted molar refractivity (Wildman–Crippen MR) is 138 cm³/mol. The van der Waals surface area contributed by atoms with Gasteiger partial charge in [-0.3, -0.25) is 20.0 Å². The molecule has 0 spiro atoms. The van der Waals surface area contributed by atoms with Gasteiger partial charge in [-0.05, 0) is 41.5 Å². The van der Waals surface area contributed by atoms with Crippen LogP contribution in [0.1, 0.15) is 12.0 Å². The monoisotopic (exact) mass is 509 g/mol. The molecule has 1 fully saturated rings. The molecule has 1 aliphatic heterocycles. The topological polar surface area (TPSA) is 112 Å². The average Bonchev–Trinajstić information content (AvgIpc) is 3.64.